The highest BCUT2D eigenvalue weighted by atomic mass is 16.5. The SMILES string of the molecule is CCOC[C@@H]1CN(Cc2ccoc2)Cc2nn(C)cc21. The summed E-state index contributed by atoms with van der Waals surface area (Å²) in [4.78, 5) is 2.41. The van der Waals surface area contributed by atoms with Crippen molar-refractivity contribution in [2.75, 3.05) is 19.8 Å². The van der Waals surface area contributed by atoms with Crippen molar-refractivity contribution in [1.82, 2.24) is 14.7 Å². The topological polar surface area (TPSA) is 43.4 Å². The zero-order valence-electron chi connectivity index (χ0n) is 12.1. The van der Waals surface area contributed by atoms with Crippen molar-refractivity contribution in [2.24, 2.45) is 7.05 Å². The molecule has 3 heterocycles. The lowest BCUT2D eigenvalue weighted by Crippen LogP contribution is -2.34. The smallest absolute Gasteiger partial charge is 0.0947 e. The van der Waals surface area contributed by atoms with E-state index in [1.807, 2.05) is 31.0 Å². The van der Waals surface area contributed by atoms with Gasteiger partial charge in [-0.15, -0.1) is 0 Å². The minimum atomic E-state index is 0.402. The minimum absolute atomic E-state index is 0.402. The Balaban J connectivity index is 1.76. The largest absolute Gasteiger partial charge is 0.472 e. The number of aryl methyl sites for hydroxylation is 1. The van der Waals surface area contributed by atoms with Crippen molar-refractivity contribution in [2.45, 2.75) is 25.9 Å². The molecule has 3 rings (SSSR count). The van der Waals surface area contributed by atoms with Crippen molar-refractivity contribution in [3.05, 3.63) is 41.6 Å². The summed E-state index contributed by atoms with van der Waals surface area (Å²) < 4.78 is 12.7. The Morgan fingerprint density at radius 2 is 2.40 bits per heavy atom. The van der Waals surface area contributed by atoms with Crippen LogP contribution in [0, 0.1) is 0 Å². The summed E-state index contributed by atoms with van der Waals surface area (Å²) in [6.45, 7) is 6.35. The number of fused-ring (bicyclic) bond motifs is 1. The fourth-order valence-electron chi connectivity index (χ4n) is 2.87. The van der Waals surface area contributed by atoms with E-state index >= 15 is 0 Å². The average molecular weight is 275 g/mol. The predicted molar refractivity (Wildman–Crippen MR) is 75.3 cm³/mol. The number of aromatic nitrogens is 2. The van der Waals surface area contributed by atoms with Gasteiger partial charge in [-0.2, -0.15) is 5.10 Å². The summed E-state index contributed by atoms with van der Waals surface area (Å²) in [5, 5.41) is 4.59. The third kappa shape index (κ3) is 2.78. The maximum Gasteiger partial charge on any atom is 0.0947 e. The molecule has 0 saturated heterocycles. The number of hydrogen-bond donors (Lipinski definition) is 0. The molecule has 108 valence electrons. The summed E-state index contributed by atoms with van der Waals surface area (Å²) in [5.74, 6) is 0.402. The van der Waals surface area contributed by atoms with Gasteiger partial charge in [0.05, 0.1) is 24.8 Å². The Morgan fingerprint density at radius 1 is 1.50 bits per heavy atom. The predicted octanol–water partition coefficient (Wildman–Crippen LogP) is 2.15. The fraction of sp³-hybridized carbons (Fsp3) is 0.533. The van der Waals surface area contributed by atoms with Crippen LogP contribution in [0.3, 0.4) is 0 Å². The van der Waals surface area contributed by atoms with E-state index in [2.05, 4.69) is 16.2 Å². The van der Waals surface area contributed by atoms with Gasteiger partial charge in [-0.3, -0.25) is 9.58 Å². The number of ether oxygens (including phenoxy) is 1. The molecule has 5 heteroatoms. The first-order valence-corrected chi connectivity index (χ1v) is 7.10. The molecule has 1 aliphatic rings. The first kappa shape index (κ1) is 13.4. The van der Waals surface area contributed by atoms with Crippen LogP contribution in [-0.2, 0) is 24.9 Å². The van der Waals surface area contributed by atoms with Gasteiger partial charge in [0.2, 0.25) is 0 Å². The molecule has 1 aliphatic heterocycles. The van der Waals surface area contributed by atoms with Crippen molar-refractivity contribution in [1.29, 1.82) is 0 Å². The van der Waals surface area contributed by atoms with E-state index < -0.39 is 0 Å². The molecule has 0 saturated carbocycles. The van der Waals surface area contributed by atoms with Gasteiger partial charge < -0.3 is 9.15 Å². The van der Waals surface area contributed by atoms with Gasteiger partial charge in [0.15, 0.2) is 0 Å². The minimum Gasteiger partial charge on any atom is -0.472 e. The Labute approximate surface area is 119 Å². The Morgan fingerprint density at radius 3 is 3.15 bits per heavy atom. The lowest BCUT2D eigenvalue weighted by Gasteiger charge is -2.31. The molecule has 1 atom stereocenters. The van der Waals surface area contributed by atoms with Crippen LogP contribution in [0.4, 0.5) is 0 Å². The van der Waals surface area contributed by atoms with Gasteiger partial charge in [0.25, 0.3) is 0 Å². The Hall–Kier alpha value is -1.59. The highest BCUT2D eigenvalue weighted by Gasteiger charge is 2.28. The number of hydrogen-bond acceptors (Lipinski definition) is 4. The summed E-state index contributed by atoms with van der Waals surface area (Å²) in [7, 11) is 1.98. The highest BCUT2D eigenvalue weighted by Crippen LogP contribution is 2.28. The standard InChI is InChI=1S/C15H21N3O2/c1-3-19-11-13-7-18(6-12-4-5-20-10-12)9-15-14(13)8-17(2)16-15/h4-5,8,10,13H,3,6-7,9,11H2,1-2H3/t13-/m0/s1. The molecule has 0 fully saturated rings. The number of furan rings is 1. The third-order valence-electron chi connectivity index (χ3n) is 3.74. The van der Waals surface area contributed by atoms with E-state index in [0.29, 0.717) is 5.92 Å². The van der Waals surface area contributed by atoms with Crippen LogP contribution in [-0.4, -0.2) is 34.4 Å². The molecule has 0 amide bonds. The molecular weight excluding hydrogens is 254 g/mol. The number of nitrogens with zero attached hydrogens (tertiary/aromatic N) is 3. The van der Waals surface area contributed by atoms with Gasteiger partial charge in [0.1, 0.15) is 0 Å². The van der Waals surface area contributed by atoms with Crippen LogP contribution in [0.25, 0.3) is 0 Å². The summed E-state index contributed by atoms with van der Waals surface area (Å²) in [6.07, 6.45) is 5.67. The summed E-state index contributed by atoms with van der Waals surface area (Å²) >= 11 is 0. The maximum absolute atomic E-state index is 5.64. The summed E-state index contributed by atoms with van der Waals surface area (Å²) in [6, 6.07) is 2.02. The van der Waals surface area contributed by atoms with Gasteiger partial charge in [-0.05, 0) is 13.0 Å². The zero-order valence-corrected chi connectivity index (χ0v) is 12.1. The van der Waals surface area contributed by atoms with E-state index in [1.165, 1.54) is 16.8 Å². The van der Waals surface area contributed by atoms with Gasteiger partial charge in [-0.25, -0.2) is 0 Å². The second-order valence-corrected chi connectivity index (χ2v) is 5.36. The van der Waals surface area contributed by atoms with Gasteiger partial charge in [0, 0.05) is 56.5 Å². The van der Waals surface area contributed by atoms with Crippen molar-refractivity contribution in [3.63, 3.8) is 0 Å². The quantitative estimate of drug-likeness (QED) is 0.838. The van der Waals surface area contributed by atoms with Crippen molar-refractivity contribution >= 4 is 0 Å². The molecule has 0 aliphatic carbocycles. The molecule has 0 N–H and O–H groups in total. The van der Waals surface area contributed by atoms with Crippen LogP contribution in [0.5, 0.6) is 0 Å². The van der Waals surface area contributed by atoms with Crippen LogP contribution < -0.4 is 0 Å². The molecule has 0 aromatic carbocycles. The monoisotopic (exact) mass is 275 g/mol. The van der Waals surface area contributed by atoms with Crippen molar-refractivity contribution < 1.29 is 9.15 Å². The molecule has 0 spiro atoms. The molecule has 2 aromatic rings. The second kappa shape index (κ2) is 5.81. The Bertz CT molecular complexity index is 547. The molecule has 2 aromatic heterocycles. The van der Waals surface area contributed by atoms with E-state index in [4.69, 9.17) is 9.15 Å². The molecular formula is C15H21N3O2. The van der Waals surface area contributed by atoms with E-state index in [9.17, 15) is 0 Å². The van der Waals surface area contributed by atoms with Crippen LogP contribution in [0.2, 0.25) is 0 Å². The molecule has 0 radical (unpaired) electrons. The van der Waals surface area contributed by atoms with E-state index in [1.54, 1.807) is 6.26 Å². The lowest BCUT2D eigenvalue weighted by atomic mass is 9.95. The van der Waals surface area contributed by atoms with E-state index in [-0.39, 0.29) is 0 Å². The Kier molecular flexibility index (Phi) is 3.89. The first-order chi connectivity index (χ1) is 9.76. The summed E-state index contributed by atoms with van der Waals surface area (Å²) in [5.41, 5.74) is 3.72. The lowest BCUT2D eigenvalue weighted by molar-refractivity contribution is 0.105. The molecule has 20 heavy (non-hydrogen) atoms. The molecule has 0 bridgehead atoms. The van der Waals surface area contributed by atoms with Crippen LogP contribution >= 0.6 is 0 Å². The average Bonchev–Trinajstić information content (AvgIpc) is 3.04. The second-order valence-electron chi connectivity index (χ2n) is 5.36. The highest BCUT2D eigenvalue weighted by molar-refractivity contribution is 5.25. The van der Waals surface area contributed by atoms with Gasteiger partial charge in [-0.1, -0.05) is 0 Å². The van der Waals surface area contributed by atoms with Crippen LogP contribution in [0.1, 0.15) is 29.7 Å². The molecule has 0 unspecified atom stereocenters. The van der Waals surface area contributed by atoms with Gasteiger partial charge >= 0.3 is 0 Å². The number of rotatable bonds is 5. The van der Waals surface area contributed by atoms with Crippen molar-refractivity contribution in [3.8, 4) is 0 Å². The zero-order chi connectivity index (χ0) is 13.9. The van der Waals surface area contributed by atoms with E-state index in [0.717, 1.165) is 32.8 Å². The fourth-order valence-corrected chi connectivity index (χ4v) is 2.87. The normalized spacial score (nSPS) is 19.2. The van der Waals surface area contributed by atoms with Crippen LogP contribution in [0.15, 0.2) is 29.2 Å². The molecule has 5 nitrogen and oxygen atoms in total. The third-order valence-corrected chi connectivity index (χ3v) is 3.74. The maximum atomic E-state index is 5.64. The first-order valence-electron chi connectivity index (χ1n) is 7.10.